The lowest BCUT2D eigenvalue weighted by atomic mass is 9.89. The molecule has 0 bridgehead atoms. The van der Waals surface area contributed by atoms with Crippen LogP contribution in [0, 0.1) is 11.8 Å². The average Bonchev–Trinajstić information content (AvgIpc) is 2.58. The molecule has 0 radical (unpaired) electrons. The highest BCUT2D eigenvalue weighted by molar-refractivity contribution is 5.22. The van der Waals surface area contributed by atoms with Crippen LogP contribution in [-0.2, 0) is 4.84 Å². The van der Waals surface area contributed by atoms with E-state index in [2.05, 4.69) is 40.1 Å². The highest BCUT2D eigenvalue weighted by Crippen LogP contribution is 2.32. The number of rotatable bonds is 4. The molecule has 1 heterocycles. The van der Waals surface area contributed by atoms with Crippen molar-refractivity contribution in [2.75, 3.05) is 0 Å². The van der Waals surface area contributed by atoms with Crippen LogP contribution < -0.4 is 5.48 Å². The number of hydroxylamine groups is 1. The third kappa shape index (κ3) is 2.11. The van der Waals surface area contributed by atoms with Gasteiger partial charge in [0.2, 0.25) is 0 Å². The molecule has 14 heavy (non-hydrogen) atoms. The molecule has 3 atom stereocenters. The van der Waals surface area contributed by atoms with Crippen LogP contribution in [0.1, 0.15) is 47.5 Å². The summed E-state index contributed by atoms with van der Waals surface area (Å²) in [5.74, 6) is 2.36. The maximum atomic E-state index is 5.58. The van der Waals surface area contributed by atoms with E-state index >= 15 is 0 Å². The van der Waals surface area contributed by atoms with E-state index in [1.165, 1.54) is 17.8 Å². The molecular weight excluding hydrogens is 174 g/mol. The van der Waals surface area contributed by atoms with E-state index in [0.29, 0.717) is 17.9 Å². The molecule has 0 aromatic carbocycles. The summed E-state index contributed by atoms with van der Waals surface area (Å²) >= 11 is 0. The molecule has 1 aliphatic heterocycles. The molecular formula is C12H23NO. The highest BCUT2D eigenvalue weighted by Gasteiger charge is 2.29. The van der Waals surface area contributed by atoms with Gasteiger partial charge in [0.25, 0.3) is 0 Å². The van der Waals surface area contributed by atoms with Crippen LogP contribution in [0.2, 0.25) is 0 Å². The van der Waals surface area contributed by atoms with Crippen molar-refractivity contribution in [2.45, 2.75) is 53.5 Å². The minimum atomic E-state index is 0.383. The van der Waals surface area contributed by atoms with E-state index in [4.69, 9.17) is 4.84 Å². The lowest BCUT2D eigenvalue weighted by molar-refractivity contribution is 0.0998. The third-order valence-corrected chi connectivity index (χ3v) is 3.30. The Morgan fingerprint density at radius 2 is 1.79 bits per heavy atom. The molecule has 1 N–H and O–H groups in total. The molecule has 0 fully saturated rings. The molecule has 0 spiro atoms. The third-order valence-electron chi connectivity index (χ3n) is 3.30. The van der Waals surface area contributed by atoms with Crippen LogP contribution >= 0.6 is 0 Å². The molecule has 0 amide bonds. The Labute approximate surface area is 87.7 Å². The van der Waals surface area contributed by atoms with Crippen LogP contribution in [0.3, 0.4) is 0 Å². The number of hydrogen-bond donors (Lipinski definition) is 1. The topological polar surface area (TPSA) is 21.3 Å². The molecule has 1 aliphatic rings. The first-order chi connectivity index (χ1) is 6.61. The van der Waals surface area contributed by atoms with Gasteiger partial charge in [0.15, 0.2) is 0 Å². The Bertz CT molecular complexity index is 222. The lowest BCUT2D eigenvalue weighted by Crippen LogP contribution is -2.22. The molecule has 0 saturated carbocycles. The normalized spacial score (nSPS) is 26.2. The minimum Gasteiger partial charge on any atom is -0.412 e. The van der Waals surface area contributed by atoms with Crippen molar-refractivity contribution in [2.24, 2.45) is 11.8 Å². The summed E-state index contributed by atoms with van der Waals surface area (Å²) in [6, 6.07) is 0.383. The van der Waals surface area contributed by atoms with Gasteiger partial charge in [-0.1, -0.05) is 27.7 Å². The van der Waals surface area contributed by atoms with Gasteiger partial charge in [-0.05, 0) is 31.3 Å². The van der Waals surface area contributed by atoms with E-state index in [-0.39, 0.29) is 0 Å². The zero-order chi connectivity index (χ0) is 10.7. The van der Waals surface area contributed by atoms with Crippen molar-refractivity contribution in [3.05, 3.63) is 11.3 Å². The molecule has 3 unspecified atom stereocenters. The molecule has 0 aromatic rings. The van der Waals surface area contributed by atoms with Crippen molar-refractivity contribution in [1.82, 2.24) is 5.48 Å². The van der Waals surface area contributed by atoms with Gasteiger partial charge >= 0.3 is 0 Å². The fourth-order valence-electron chi connectivity index (χ4n) is 1.95. The molecule has 0 aromatic heterocycles. The van der Waals surface area contributed by atoms with Gasteiger partial charge in [0.1, 0.15) is 5.76 Å². The Balaban J connectivity index is 2.89. The van der Waals surface area contributed by atoms with Crippen molar-refractivity contribution in [3.63, 3.8) is 0 Å². The summed E-state index contributed by atoms with van der Waals surface area (Å²) in [4.78, 5) is 5.58. The molecule has 82 valence electrons. The lowest BCUT2D eigenvalue weighted by Gasteiger charge is -2.16. The van der Waals surface area contributed by atoms with Crippen LogP contribution in [0.4, 0.5) is 0 Å². The maximum absolute atomic E-state index is 5.58. The first kappa shape index (κ1) is 11.6. The SMILES string of the molecule is CCC(C)C1=C(C(C)CC)C(C)NO1. The molecule has 0 aliphatic carbocycles. The minimum absolute atomic E-state index is 0.383. The maximum Gasteiger partial charge on any atom is 0.128 e. The average molecular weight is 197 g/mol. The second-order valence-electron chi connectivity index (χ2n) is 4.38. The van der Waals surface area contributed by atoms with Crippen LogP contribution in [0.15, 0.2) is 11.3 Å². The van der Waals surface area contributed by atoms with Gasteiger partial charge in [-0.2, -0.15) is 5.48 Å². The largest absolute Gasteiger partial charge is 0.412 e. The Morgan fingerprint density at radius 1 is 1.21 bits per heavy atom. The fraction of sp³-hybridized carbons (Fsp3) is 0.833. The molecule has 2 heteroatoms. The van der Waals surface area contributed by atoms with Gasteiger partial charge in [-0.3, -0.25) is 0 Å². The second kappa shape index (κ2) is 4.83. The van der Waals surface area contributed by atoms with E-state index in [9.17, 15) is 0 Å². The first-order valence-corrected chi connectivity index (χ1v) is 5.78. The second-order valence-corrected chi connectivity index (χ2v) is 4.38. The Kier molecular flexibility index (Phi) is 3.99. The van der Waals surface area contributed by atoms with Crippen LogP contribution in [0.25, 0.3) is 0 Å². The van der Waals surface area contributed by atoms with Gasteiger partial charge in [0.05, 0.1) is 6.04 Å². The molecule has 1 rings (SSSR count). The zero-order valence-corrected chi connectivity index (χ0v) is 10.1. The summed E-state index contributed by atoms with van der Waals surface area (Å²) in [7, 11) is 0. The predicted molar refractivity (Wildman–Crippen MR) is 59.6 cm³/mol. The van der Waals surface area contributed by atoms with Crippen molar-refractivity contribution in [3.8, 4) is 0 Å². The number of nitrogens with one attached hydrogen (secondary N) is 1. The van der Waals surface area contributed by atoms with E-state index < -0.39 is 0 Å². The van der Waals surface area contributed by atoms with E-state index in [1.54, 1.807) is 0 Å². The summed E-state index contributed by atoms with van der Waals surface area (Å²) in [6.45, 7) is 11.1. The fourth-order valence-corrected chi connectivity index (χ4v) is 1.95. The van der Waals surface area contributed by atoms with Gasteiger partial charge in [-0.25, -0.2) is 0 Å². The van der Waals surface area contributed by atoms with Gasteiger partial charge in [-0.15, -0.1) is 0 Å². The Morgan fingerprint density at radius 3 is 2.29 bits per heavy atom. The summed E-state index contributed by atoms with van der Waals surface area (Å²) in [5, 5.41) is 0. The monoisotopic (exact) mass is 197 g/mol. The zero-order valence-electron chi connectivity index (χ0n) is 10.1. The first-order valence-electron chi connectivity index (χ1n) is 5.78. The van der Waals surface area contributed by atoms with Crippen molar-refractivity contribution < 1.29 is 4.84 Å². The molecule has 0 saturated heterocycles. The van der Waals surface area contributed by atoms with Crippen molar-refractivity contribution in [1.29, 1.82) is 0 Å². The van der Waals surface area contributed by atoms with Crippen LogP contribution in [-0.4, -0.2) is 6.04 Å². The van der Waals surface area contributed by atoms with Crippen molar-refractivity contribution >= 4 is 0 Å². The molecule has 2 nitrogen and oxygen atoms in total. The van der Waals surface area contributed by atoms with E-state index in [0.717, 1.165) is 6.42 Å². The smallest absolute Gasteiger partial charge is 0.128 e. The van der Waals surface area contributed by atoms with Gasteiger partial charge < -0.3 is 4.84 Å². The number of allylic oxidation sites excluding steroid dienone is 1. The van der Waals surface area contributed by atoms with Gasteiger partial charge in [0, 0.05) is 5.92 Å². The Hall–Kier alpha value is -0.500. The summed E-state index contributed by atoms with van der Waals surface area (Å²) in [5.41, 5.74) is 4.55. The quantitative estimate of drug-likeness (QED) is 0.747. The standard InChI is InChI=1S/C12H23NO/c1-6-8(3)11-10(5)13-14-12(11)9(4)7-2/h8-10,13H,6-7H2,1-5H3. The number of hydrogen-bond acceptors (Lipinski definition) is 2. The predicted octanol–water partition coefficient (Wildman–Crippen LogP) is 3.26. The van der Waals surface area contributed by atoms with E-state index in [1.807, 2.05) is 0 Å². The van der Waals surface area contributed by atoms with Crippen LogP contribution in [0.5, 0.6) is 0 Å². The highest BCUT2D eigenvalue weighted by atomic mass is 16.7. The summed E-state index contributed by atoms with van der Waals surface area (Å²) < 4.78 is 0. The summed E-state index contributed by atoms with van der Waals surface area (Å²) in [6.07, 6.45) is 2.33.